The van der Waals surface area contributed by atoms with E-state index in [1.54, 1.807) is 12.4 Å². The third kappa shape index (κ3) is 3.34. The van der Waals surface area contributed by atoms with Gasteiger partial charge in [-0.2, -0.15) is 0 Å². The molecular formula is C19H14N2. The highest BCUT2D eigenvalue weighted by atomic mass is 14.8. The molecule has 21 heavy (non-hydrogen) atoms. The van der Waals surface area contributed by atoms with E-state index >= 15 is 0 Å². The van der Waals surface area contributed by atoms with Gasteiger partial charge in [0.1, 0.15) is 0 Å². The van der Waals surface area contributed by atoms with Gasteiger partial charge in [0.25, 0.3) is 0 Å². The van der Waals surface area contributed by atoms with Crippen molar-refractivity contribution in [1.82, 2.24) is 9.97 Å². The van der Waals surface area contributed by atoms with Crippen LogP contribution < -0.4 is 0 Å². The van der Waals surface area contributed by atoms with Gasteiger partial charge < -0.3 is 0 Å². The molecule has 0 N–H and O–H groups in total. The van der Waals surface area contributed by atoms with E-state index in [4.69, 9.17) is 0 Å². The second-order valence-electron chi connectivity index (χ2n) is 4.76. The number of hydrogen-bond acceptors (Lipinski definition) is 2. The molecule has 0 bridgehead atoms. The lowest BCUT2D eigenvalue weighted by molar-refractivity contribution is 1.24. The van der Waals surface area contributed by atoms with Crippen LogP contribution in [0.25, 0.3) is 11.4 Å². The molecule has 0 unspecified atom stereocenters. The van der Waals surface area contributed by atoms with Crippen molar-refractivity contribution in [3.05, 3.63) is 83.7 Å². The summed E-state index contributed by atoms with van der Waals surface area (Å²) in [7, 11) is 0. The summed E-state index contributed by atoms with van der Waals surface area (Å²) in [4.78, 5) is 8.69. The van der Waals surface area contributed by atoms with Crippen molar-refractivity contribution >= 4 is 0 Å². The maximum atomic E-state index is 4.41. The Morgan fingerprint density at radius 1 is 0.714 bits per heavy atom. The number of rotatable bonds is 1. The van der Waals surface area contributed by atoms with Crippen LogP contribution in [0.15, 0.2) is 67.0 Å². The Hall–Kier alpha value is -2.92. The predicted octanol–water partition coefficient (Wildman–Crippen LogP) is 3.85. The number of benzene rings is 1. The molecule has 2 heterocycles. The van der Waals surface area contributed by atoms with E-state index in [-0.39, 0.29) is 0 Å². The summed E-state index contributed by atoms with van der Waals surface area (Å²) < 4.78 is 0. The molecule has 0 atom stereocenters. The molecule has 0 saturated heterocycles. The standard InChI is InChI=1S/C19H14N2/c1-15-5-7-16(8-6-15)9-10-17-11-12-19(21-14-17)18-4-2-3-13-20-18/h2-8,11-14H,1H3. The Kier molecular flexibility index (Phi) is 3.75. The molecular weight excluding hydrogens is 256 g/mol. The zero-order valence-electron chi connectivity index (χ0n) is 11.7. The molecule has 1 aromatic carbocycles. The highest BCUT2D eigenvalue weighted by Gasteiger charge is 1.98. The van der Waals surface area contributed by atoms with Crippen LogP contribution in [0.2, 0.25) is 0 Å². The predicted molar refractivity (Wildman–Crippen MR) is 84.6 cm³/mol. The van der Waals surface area contributed by atoms with Gasteiger partial charge in [-0.15, -0.1) is 0 Å². The second-order valence-corrected chi connectivity index (χ2v) is 4.76. The van der Waals surface area contributed by atoms with Gasteiger partial charge >= 0.3 is 0 Å². The zero-order chi connectivity index (χ0) is 14.5. The molecule has 0 aliphatic rings. The minimum Gasteiger partial charge on any atom is -0.255 e. The molecule has 2 aromatic heterocycles. The largest absolute Gasteiger partial charge is 0.255 e. The van der Waals surface area contributed by atoms with Gasteiger partial charge in [-0.05, 0) is 43.3 Å². The Balaban J connectivity index is 1.81. The average molecular weight is 270 g/mol. The van der Waals surface area contributed by atoms with Crippen LogP contribution in [0.4, 0.5) is 0 Å². The van der Waals surface area contributed by atoms with Crippen LogP contribution in [0.1, 0.15) is 16.7 Å². The van der Waals surface area contributed by atoms with Gasteiger partial charge in [0.2, 0.25) is 0 Å². The molecule has 0 saturated carbocycles. The smallest absolute Gasteiger partial charge is 0.0887 e. The van der Waals surface area contributed by atoms with E-state index in [0.29, 0.717) is 0 Å². The van der Waals surface area contributed by atoms with Gasteiger partial charge in [-0.25, -0.2) is 0 Å². The van der Waals surface area contributed by atoms with Crippen LogP contribution in [0.5, 0.6) is 0 Å². The van der Waals surface area contributed by atoms with Crippen molar-refractivity contribution in [1.29, 1.82) is 0 Å². The van der Waals surface area contributed by atoms with Crippen molar-refractivity contribution < 1.29 is 0 Å². The van der Waals surface area contributed by atoms with Crippen LogP contribution in [0, 0.1) is 18.8 Å². The summed E-state index contributed by atoms with van der Waals surface area (Å²) >= 11 is 0. The fourth-order valence-corrected chi connectivity index (χ4v) is 1.91. The third-order valence-corrected chi connectivity index (χ3v) is 3.09. The first-order valence-electron chi connectivity index (χ1n) is 6.77. The molecule has 100 valence electrons. The van der Waals surface area contributed by atoms with Gasteiger partial charge in [0.05, 0.1) is 11.4 Å². The summed E-state index contributed by atoms with van der Waals surface area (Å²) in [5.41, 5.74) is 4.87. The van der Waals surface area contributed by atoms with Gasteiger partial charge in [0.15, 0.2) is 0 Å². The summed E-state index contributed by atoms with van der Waals surface area (Å²) in [6, 6.07) is 17.9. The summed E-state index contributed by atoms with van der Waals surface area (Å²) in [5.74, 6) is 6.27. The Labute approximate surface area is 124 Å². The lowest BCUT2D eigenvalue weighted by Gasteiger charge is -1.98. The Morgan fingerprint density at radius 3 is 2.10 bits per heavy atom. The Bertz CT molecular complexity index is 777. The number of aromatic nitrogens is 2. The minimum absolute atomic E-state index is 0.858. The van der Waals surface area contributed by atoms with Crippen molar-refractivity contribution in [3.63, 3.8) is 0 Å². The first-order valence-corrected chi connectivity index (χ1v) is 6.77. The van der Waals surface area contributed by atoms with E-state index in [1.807, 2.05) is 42.5 Å². The van der Waals surface area contributed by atoms with E-state index < -0.39 is 0 Å². The fraction of sp³-hybridized carbons (Fsp3) is 0.0526. The van der Waals surface area contributed by atoms with Crippen LogP contribution in [0.3, 0.4) is 0 Å². The number of pyridine rings is 2. The molecule has 0 radical (unpaired) electrons. The zero-order valence-corrected chi connectivity index (χ0v) is 11.7. The molecule has 0 aliphatic carbocycles. The summed E-state index contributed by atoms with van der Waals surface area (Å²) in [5, 5.41) is 0. The van der Waals surface area contributed by atoms with Crippen molar-refractivity contribution in [2.24, 2.45) is 0 Å². The van der Waals surface area contributed by atoms with Gasteiger partial charge in [-0.3, -0.25) is 9.97 Å². The maximum absolute atomic E-state index is 4.41. The van der Waals surface area contributed by atoms with E-state index in [9.17, 15) is 0 Å². The minimum atomic E-state index is 0.858. The van der Waals surface area contributed by atoms with E-state index in [0.717, 1.165) is 22.5 Å². The van der Waals surface area contributed by atoms with E-state index in [1.165, 1.54) is 5.56 Å². The average Bonchev–Trinajstić information content (AvgIpc) is 2.56. The highest BCUT2D eigenvalue weighted by molar-refractivity contribution is 5.55. The topological polar surface area (TPSA) is 25.8 Å². The molecule has 0 fully saturated rings. The van der Waals surface area contributed by atoms with Crippen molar-refractivity contribution in [2.75, 3.05) is 0 Å². The molecule has 0 amide bonds. The first kappa shape index (κ1) is 13.1. The van der Waals surface area contributed by atoms with E-state index in [2.05, 4.69) is 40.9 Å². The second kappa shape index (κ2) is 6.02. The fourth-order valence-electron chi connectivity index (χ4n) is 1.91. The monoisotopic (exact) mass is 270 g/mol. The number of aryl methyl sites for hydroxylation is 1. The number of hydrogen-bond donors (Lipinski definition) is 0. The molecule has 3 rings (SSSR count). The molecule has 3 aromatic rings. The summed E-state index contributed by atoms with van der Waals surface area (Å²) in [6.07, 6.45) is 3.55. The van der Waals surface area contributed by atoms with Crippen LogP contribution in [-0.4, -0.2) is 9.97 Å². The van der Waals surface area contributed by atoms with Crippen molar-refractivity contribution in [3.8, 4) is 23.2 Å². The Morgan fingerprint density at radius 2 is 1.43 bits per heavy atom. The summed E-state index contributed by atoms with van der Waals surface area (Å²) in [6.45, 7) is 2.07. The van der Waals surface area contributed by atoms with Crippen LogP contribution >= 0.6 is 0 Å². The lowest BCUT2D eigenvalue weighted by Crippen LogP contribution is -1.87. The normalized spacial score (nSPS) is 9.76. The third-order valence-electron chi connectivity index (χ3n) is 3.09. The van der Waals surface area contributed by atoms with Gasteiger partial charge in [0, 0.05) is 23.5 Å². The highest BCUT2D eigenvalue weighted by Crippen LogP contribution is 2.13. The molecule has 2 nitrogen and oxygen atoms in total. The van der Waals surface area contributed by atoms with Gasteiger partial charge in [-0.1, -0.05) is 35.6 Å². The maximum Gasteiger partial charge on any atom is 0.0887 e. The lowest BCUT2D eigenvalue weighted by atomic mass is 10.1. The molecule has 2 heteroatoms. The molecule has 0 spiro atoms. The molecule has 0 aliphatic heterocycles. The number of nitrogens with zero attached hydrogens (tertiary/aromatic N) is 2. The van der Waals surface area contributed by atoms with Crippen molar-refractivity contribution in [2.45, 2.75) is 6.92 Å². The van der Waals surface area contributed by atoms with Crippen LogP contribution in [-0.2, 0) is 0 Å². The first-order chi connectivity index (χ1) is 10.3. The SMILES string of the molecule is Cc1ccc(C#Cc2ccc(-c3ccccn3)nc2)cc1. The quantitative estimate of drug-likeness (QED) is 0.628.